The van der Waals surface area contributed by atoms with Crippen molar-refractivity contribution in [2.24, 2.45) is 0 Å². The van der Waals surface area contributed by atoms with Crippen LogP contribution in [-0.4, -0.2) is 66.7 Å². The van der Waals surface area contributed by atoms with Crippen molar-refractivity contribution in [3.05, 3.63) is 66.7 Å². The van der Waals surface area contributed by atoms with E-state index < -0.39 is 5.60 Å². The number of amides is 1. The fourth-order valence-corrected chi connectivity index (χ4v) is 4.95. The third-order valence-electron chi connectivity index (χ3n) is 6.81. The van der Waals surface area contributed by atoms with Gasteiger partial charge >= 0.3 is 0 Å². The summed E-state index contributed by atoms with van der Waals surface area (Å²) in [6.45, 7) is 6.71. The summed E-state index contributed by atoms with van der Waals surface area (Å²) in [7, 11) is 0. The lowest BCUT2D eigenvalue weighted by molar-refractivity contribution is -0.148. The SMILES string of the molecule is CCC1CN(C(=O)C(C)(C)O)CCN1c1ncnc2c1c(-c1ccccc1)cn2-c1cc(C#N)ccn1. The summed E-state index contributed by atoms with van der Waals surface area (Å²) in [6, 6.07) is 15.7. The molecule has 4 aromatic rings. The normalized spacial score (nSPS) is 16.1. The van der Waals surface area contributed by atoms with Gasteiger partial charge in [-0.1, -0.05) is 37.3 Å². The topological polar surface area (TPSA) is 111 Å². The van der Waals surface area contributed by atoms with Crippen molar-refractivity contribution in [1.82, 2.24) is 24.4 Å². The minimum atomic E-state index is -1.41. The number of carbonyl (C=O) groups excluding carboxylic acids is 1. The van der Waals surface area contributed by atoms with Gasteiger partial charge in [-0.2, -0.15) is 5.26 Å². The van der Waals surface area contributed by atoms with Crippen LogP contribution >= 0.6 is 0 Å². The number of rotatable bonds is 5. The number of hydrogen-bond acceptors (Lipinski definition) is 7. The Bertz CT molecular complexity index is 1480. The molecular formula is C28H29N7O2. The van der Waals surface area contributed by atoms with Crippen molar-refractivity contribution in [3.63, 3.8) is 0 Å². The van der Waals surface area contributed by atoms with Crippen LogP contribution in [0.25, 0.3) is 28.0 Å². The predicted molar refractivity (Wildman–Crippen MR) is 141 cm³/mol. The van der Waals surface area contributed by atoms with Crippen LogP contribution in [-0.2, 0) is 4.79 Å². The Morgan fingerprint density at radius 2 is 1.95 bits per heavy atom. The van der Waals surface area contributed by atoms with E-state index in [1.807, 2.05) is 41.1 Å². The van der Waals surface area contributed by atoms with E-state index in [1.165, 1.54) is 13.8 Å². The third-order valence-corrected chi connectivity index (χ3v) is 6.81. The van der Waals surface area contributed by atoms with Gasteiger partial charge in [0, 0.05) is 43.6 Å². The summed E-state index contributed by atoms with van der Waals surface area (Å²) < 4.78 is 1.90. The standard InChI is InChI=1S/C28H29N7O2/c1-4-21-16-33(27(36)28(2,3)37)12-13-34(21)25-24-22(20-8-6-5-7-9-20)17-35(26(24)32-18-31-25)23-14-19(15-29)10-11-30-23/h5-11,14,17-18,21,37H,4,12-13,16H2,1-3H3. The van der Waals surface area contributed by atoms with Gasteiger partial charge in [-0.3, -0.25) is 9.36 Å². The molecule has 1 amide bonds. The maximum atomic E-state index is 12.8. The Morgan fingerprint density at radius 3 is 2.65 bits per heavy atom. The van der Waals surface area contributed by atoms with E-state index in [9.17, 15) is 15.2 Å². The lowest BCUT2D eigenvalue weighted by atomic mass is 10.0. The molecule has 188 valence electrons. The van der Waals surface area contributed by atoms with Crippen molar-refractivity contribution in [2.75, 3.05) is 24.5 Å². The van der Waals surface area contributed by atoms with Gasteiger partial charge < -0.3 is 14.9 Å². The number of anilines is 1. The van der Waals surface area contributed by atoms with Crippen LogP contribution in [0.1, 0.15) is 32.8 Å². The van der Waals surface area contributed by atoms with Crippen molar-refractivity contribution >= 4 is 22.8 Å². The molecule has 1 aromatic carbocycles. The van der Waals surface area contributed by atoms with Crippen molar-refractivity contribution in [2.45, 2.75) is 38.8 Å². The highest BCUT2D eigenvalue weighted by atomic mass is 16.3. The molecule has 1 atom stereocenters. The number of hydrogen-bond donors (Lipinski definition) is 1. The average molecular weight is 496 g/mol. The second kappa shape index (κ2) is 9.64. The number of nitriles is 1. The molecule has 0 aliphatic carbocycles. The lowest BCUT2D eigenvalue weighted by Crippen LogP contribution is -2.58. The average Bonchev–Trinajstić information content (AvgIpc) is 3.32. The van der Waals surface area contributed by atoms with E-state index >= 15 is 0 Å². The van der Waals surface area contributed by atoms with Crippen molar-refractivity contribution in [3.8, 4) is 23.0 Å². The molecule has 3 aromatic heterocycles. The summed E-state index contributed by atoms with van der Waals surface area (Å²) in [4.78, 5) is 30.7. The molecule has 1 saturated heterocycles. The number of benzene rings is 1. The monoisotopic (exact) mass is 495 g/mol. The Hall–Kier alpha value is -4.29. The minimum absolute atomic E-state index is 0.0187. The van der Waals surface area contributed by atoms with Gasteiger partial charge in [-0.05, 0) is 38.0 Å². The molecule has 0 bridgehead atoms. The van der Waals surface area contributed by atoms with Gasteiger partial charge in [0.25, 0.3) is 5.91 Å². The maximum absolute atomic E-state index is 12.8. The van der Waals surface area contributed by atoms with Gasteiger partial charge in [-0.25, -0.2) is 15.0 Å². The predicted octanol–water partition coefficient (Wildman–Crippen LogP) is 3.55. The summed E-state index contributed by atoms with van der Waals surface area (Å²) >= 11 is 0. The number of aliphatic hydroxyl groups is 1. The molecule has 37 heavy (non-hydrogen) atoms. The molecular weight excluding hydrogens is 466 g/mol. The van der Waals surface area contributed by atoms with E-state index in [0.29, 0.717) is 36.7 Å². The van der Waals surface area contributed by atoms with Crippen LogP contribution in [0.4, 0.5) is 5.82 Å². The highest BCUT2D eigenvalue weighted by Crippen LogP contribution is 2.38. The van der Waals surface area contributed by atoms with Crippen LogP contribution in [0.15, 0.2) is 61.2 Å². The molecule has 4 heterocycles. The van der Waals surface area contributed by atoms with Crippen molar-refractivity contribution < 1.29 is 9.90 Å². The zero-order valence-corrected chi connectivity index (χ0v) is 21.2. The molecule has 9 nitrogen and oxygen atoms in total. The summed E-state index contributed by atoms with van der Waals surface area (Å²) in [5, 5.41) is 20.6. The maximum Gasteiger partial charge on any atom is 0.254 e. The van der Waals surface area contributed by atoms with Gasteiger partial charge in [-0.15, -0.1) is 0 Å². The van der Waals surface area contributed by atoms with E-state index in [4.69, 9.17) is 4.98 Å². The number of carbonyl (C=O) groups is 1. The second-order valence-corrected chi connectivity index (χ2v) is 9.75. The summed E-state index contributed by atoms with van der Waals surface area (Å²) in [5.41, 5.74) is 1.77. The van der Waals surface area contributed by atoms with Crippen LogP contribution in [0, 0.1) is 11.3 Å². The van der Waals surface area contributed by atoms with E-state index in [1.54, 1.807) is 29.6 Å². The number of nitrogens with zero attached hydrogens (tertiary/aromatic N) is 7. The summed E-state index contributed by atoms with van der Waals surface area (Å²) in [6.07, 6.45) is 5.97. The molecule has 1 fully saturated rings. The third kappa shape index (κ3) is 4.52. The quantitative estimate of drug-likeness (QED) is 0.451. The first-order chi connectivity index (χ1) is 17.8. The van der Waals surface area contributed by atoms with E-state index in [-0.39, 0.29) is 11.9 Å². The number of fused-ring (bicyclic) bond motifs is 1. The van der Waals surface area contributed by atoms with E-state index in [2.05, 4.69) is 27.9 Å². The zero-order valence-electron chi connectivity index (χ0n) is 21.2. The smallest absolute Gasteiger partial charge is 0.254 e. The molecule has 0 radical (unpaired) electrons. The summed E-state index contributed by atoms with van der Waals surface area (Å²) in [5.74, 6) is 1.13. The van der Waals surface area contributed by atoms with Gasteiger partial charge in [0.05, 0.1) is 17.0 Å². The molecule has 1 N–H and O–H groups in total. The minimum Gasteiger partial charge on any atom is -0.381 e. The first-order valence-corrected chi connectivity index (χ1v) is 12.4. The highest BCUT2D eigenvalue weighted by Gasteiger charge is 2.36. The Kier molecular flexibility index (Phi) is 6.36. The lowest BCUT2D eigenvalue weighted by Gasteiger charge is -2.43. The molecule has 9 heteroatoms. The van der Waals surface area contributed by atoms with Crippen LogP contribution in [0.3, 0.4) is 0 Å². The van der Waals surface area contributed by atoms with Gasteiger partial charge in [0.15, 0.2) is 5.65 Å². The first kappa shape index (κ1) is 24.4. The largest absolute Gasteiger partial charge is 0.381 e. The van der Waals surface area contributed by atoms with Gasteiger partial charge in [0.2, 0.25) is 0 Å². The second-order valence-electron chi connectivity index (χ2n) is 9.75. The fourth-order valence-electron chi connectivity index (χ4n) is 4.95. The Labute approximate surface area is 215 Å². The molecule has 0 saturated carbocycles. The molecule has 1 aliphatic heterocycles. The van der Waals surface area contributed by atoms with Crippen LogP contribution < -0.4 is 4.90 Å². The molecule has 1 aliphatic rings. The fraction of sp³-hybridized carbons (Fsp3) is 0.321. The van der Waals surface area contributed by atoms with Crippen molar-refractivity contribution in [1.29, 1.82) is 5.26 Å². The Balaban J connectivity index is 1.65. The van der Waals surface area contributed by atoms with E-state index in [0.717, 1.165) is 28.8 Å². The molecule has 0 spiro atoms. The number of aromatic nitrogens is 4. The Morgan fingerprint density at radius 1 is 1.16 bits per heavy atom. The number of piperazine rings is 1. The van der Waals surface area contributed by atoms with Crippen LogP contribution in [0.5, 0.6) is 0 Å². The van der Waals surface area contributed by atoms with Crippen LogP contribution in [0.2, 0.25) is 0 Å². The zero-order chi connectivity index (χ0) is 26.2. The number of pyridine rings is 1. The first-order valence-electron chi connectivity index (χ1n) is 12.4. The molecule has 5 rings (SSSR count). The van der Waals surface area contributed by atoms with Gasteiger partial charge in [0.1, 0.15) is 23.6 Å². The molecule has 1 unspecified atom stereocenters. The highest BCUT2D eigenvalue weighted by molar-refractivity contribution is 6.02.